The standard InChI is InChI=1S/C18H26N2O3/c1-4-23-16-9-8-13(2)12-15(16)14(3)19-17(21)18(22)20-10-6-5-7-11-20/h8-9,12,14H,4-7,10-11H2,1-3H3,(H,19,21). The molecule has 1 fully saturated rings. The number of carbonyl (C=O) groups excluding carboxylic acids is 2. The van der Waals surface area contributed by atoms with Crippen molar-refractivity contribution in [1.29, 1.82) is 0 Å². The normalized spacial score (nSPS) is 15.9. The van der Waals surface area contributed by atoms with Gasteiger partial charge in [-0.05, 0) is 46.1 Å². The van der Waals surface area contributed by atoms with Gasteiger partial charge in [0, 0.05) is 18.7 Å². The van der Waals surface area contributed by atoms with Crippen LogP contribution in [0.1, 0.15) is 50.3 Å². The van der Waals surface area contributed by atoms with Crippen LogP contribution < -0.4 is 10.1 Å². The fourth-order valence-corrected chi connectivity index (χ4v) is 2.87. The van der Waals surface area contributed by atoms with Crippen LogP contribution in [0.4, 0.5) is 0 Å². The predicted octanol–water partition coefficient (Wildman–Crippen LogP) is 2.58. The molecule has 1 aliphatic rings. The van der Waals surface area contributed by atoms with Crippen molar-refractivity contribution in [3.8, 4) is 5.75 Å². The van der Waals surface area contributed by atoms with E-state index >= 15 is 0 Å². The van der Waals surface area contributed by atoms with E-state index in [0.717, 1.165) is 36.1 Å². The number of rotatable bonds is 4. The van der Waals surface area contributed by atoms with E-state index in [9.17, 15) is 9.59 Å². The number of amides is 2. The van der Waals surface area contributed by atoms with E-state index in [1.165, 1.54) is 0 Å². The largest absolute Gasteiger partial charge is 0.494 e. The van der Waals surface area contributed by atoms with Crippen molar-refractivity contribution in [2.45, 2.75) is 46.1 Å². The lowest BCUT2D eigenvalue weighted by Crippen LogP contribution is -2.45. The molecule has 0 bridgehead atoms. The van der Waals surface area contributed by atoms with Gasteiger partial charge in [0.1, 0.15) is 5.75 Å². The molecule has 23 heavy (non-hydrogen) atoms. The van der Waals surface area contributed by atoms with Crippen molar-refractivity contribution in [2.24, 2.45) is 0 Å². The summed E-state index contributed by atoms with van der Waals surface area (Å²) in [4.78, 5) is 26.1. The molecule has 1 heterocycles. The Morgan fingerprint density at radius 1 is 1.26 bits per heavy atom. The van der Waals surface area contributed by atoms with E-state index in [1.807, 2.05) is 39.0 Å². The van der Waals surface area contributed by atoms with Crippen molar-refractivity contribution in [2.75, 3.05) is 19.7 Å². The molecule has 1 N–H and O–H groups in total. The SMILES string of the molecule is CCOc1ccc(C)cc1C(C)NC(=O)C(=O)N1CCCCC1. The Morgan fingerprint density at radius 3 is 2.61 bits per heavy atom. The maximum atomic E-state index is 12.2. The number of hydrogen-bond acceptors (Lipinski definition) is 3. The molecule has 0 radical (unpaired) electrons. The summed E-state index contributed by atoms with van der Waals surface area (Å²) in [7, 11) is 0. The van der Waals surface area contributed by atoms with Gasteiger partial charge in [0.25, 0.3) is 0 Å². The fraction of sp³-hybridized carbons (Fsp3) is 0.556. The van der Waals surface area contributed by atoms with Crippen LogP contribution in [-0.4, -0.2) is 36.4 Å². The number of likely N-dealkylation sites (tertiary alicyclic amines) is 1. The van der Waals surface area contributed by atoms with Crippen LogP contribution in [0.25, 0.3) is 0 Å². The van der Waals surface area contributed by atoms with Crippen LogP contribution in [0, 0.1) is 6.92 Å². The highest BCUT2D eigenvalue weighted by Crippen LogP contribution is 2.26. The number of nitrogens with one attached hydrogen (secondary N) is 1. The zero-order valence-corrected chi connectivity index (χ0v) is 14.2. The summed E-state index contributed by atoms with van der Waals surface area (Å²) in [6.07, 6.45) is 3.07. The highest BCUT2D eigenvalue weighted by molar-refractivity contribution is 6.35. The number of ether oxygens (including phenoxy) is 1. The summed E-state index contributed by atoms with van der Waals surface area (Å²) in [5, 5.41) is 2.81. The van der Waals surface area contributed by atoms with E-state index in [-0.39, 0.29) is 6.04 Å². The summed E-state index contributed by atoms with van der Waals surface area (Å²) in [6, 6.07) is 5.59. The number of hydrogen-bond donors (Lipinski definition) is 1. The summed E-state index contributed by atoms with van der Waals surface area (Å²) >= 11 is 0. The maximum Gasteiger partial charge on any atom is 0.311 e. The Morgan fingerprint density at radius 2 is 1.96 bits per heavy atom. The van der Waals surface area contributed by atoms with Crippen LogP contribution in [0.5, 0.6) is 5.75 Å². The average molecular weight is 318 g/mol. The van der Waals surface area contributed by atoms with Crippen molar-refractivity contribution in [3.05, 3.63) is 29.3 Å². The van der Waals surface area contributed by atoms with Gasteiger partial charge >= 0.3 is 11.8 Å². The quantitative estimate of drug-likeness (QED) is 0.868. The topological polar surface area (TPSA) is 58.6 Å². The summed E-state index contributed by atoms with van der Waals surface area (Å²) in [6.45, 7) is 7.70. The van der Waals surface area contributed by atoms with Crippen LogP contribution >= 0.6 is 0 Å². The maximum absolute atomic E-state index is 12.2. The Labute approximate surface area is 138 Å². The average Bonchev–Trinajstić information content (AvgIpc) is 2.56. The molecule has 0 spiro atoms. The molecule has 1 atom stereocenters. The number of benzene rings is 1. The molecule has 2 rings (SSSR count). The Balaban J connectivity index is 2.05. The van der Waals surface area contributed by atoms with Gasteiger partial charge in [0.2, 0.25) is 0 Å². The molecular weight excluding hydrogens is 292 g/mol. The van der Waals surface area contributed by atoms with Gasteiger partial charge in [-0.15, -0.1) is 0 Å². The number of carbonyl (C=O) groups is 2. The zero-order chi connectivity index (χ0) is 16.8. The highest BCUT2D eigenvalue weighted by Gasteiger charge is 2.25. The smallest absolute Gasteiger partial charge is 0.311 e. The lowest BCUT2D eigenvalue weighted by atomic mass is 10.0. The van der Waals surface area contributed by atoms with Crippen LogP contribution in [0.2, 0.25) is 0 Å². The Bertz CT molecular complexity index is 565. The first kappa shape index (κ1) is 17.3. The second-order valence-corrected chi connectivity index (χ2v) is 6.02. The molecule has 1 aromatic rings. The zero-order valence-electron chi connectivity index (χ0n) is 14.2. The minimum absolute atomic E-state index is 0.280. The van der Waals surface area contributed by atoms with Gasteiger partial charge in [0.05, 0.1) is 12.6 Å². The summed E-state index contributed by atoms with van der Waals surface area (Å²) in [5.41, 5.74) is 1.98. The molecule has 126 valence electrons. The predicted molar refractivity (Wildman–Crippen MR) is 89.3 cm³/mol. The van der Waals surface area contributed by atoms with E-state index in [4.69, 9.17) is 4.74 Å². The summed E-state index contributed by atoms with van der Waals surface area (Å²) in [5.74, 6) is -0.221. The molecule has 5 nitrogen and oxygen atoms in total. The minimum atomic E-state index is -0.539. The monoisotopic (exact) mass is 318 g/mol. The molecule has 5 heteroatoms. The molecule has 0 aliphatic carbocycles. The van der Waals surface area contributed by atoms with Crippen molar-refractivity contribution in [3.63, 3.8) is 0 Å². The highest BCUT2D eigenvalue weighted by atomic mass is 16.5. The third-order valence-electron chi connectivity index (χ3n) is 4.12. The second-order valence-electron chi connectivity index (χ2n) is 6.02. The van der Waals surface area contributed by atoms with E-state index < -0.39 is 11.8 Å². The van der Waals surface area contributed by atoms with Crippen LogP contribution in [-0.2, 0) is 9.59 Å². The second kappa shape index (κ2) is 7.99. The summed E-state index contributed by atoms with van der Waals surface area (Å²) < 4.78 is 5.62. The van der Waals surface area contributed by atoms with Gasteiger partial charge in [-0.2, -0.15) is 0 Å². The van der Waals surface area contributed by atoms with Gasteiger partial charge in [-0.1, -0.05) is 17.7 Å². The molecule has 0 saturated carbocycles. The van der Waals surface area contributed by atoms with Gasteiger partial charge in [-0.25, -0.2) is 0 Å². The van der Waals surface area contributed by atoms with Crippen molar-refractivity contribution >= 4 is 11.8 Å². The van der Waals surface area contributed by atoms with Gasteiger partial charge < -0.3 is 15.0 Å². The lowest BCUT2D eigenvalue weighted by Gasteiger charge is -2.27. The van der Waals surface area contributed by atoms with Crippen molar-refractivity contribution < 1.29 is 14.3 Å². The molecule has 1 unspecified atom stereocenters. The number of nitrogens with zero attached hydrogens (tertiary/aromatic N) is 1. The Hall–Kier alpha value is -2.04. The third-order valence-corrected chi connectivity index (χ3v) is 4.12. The molecular formula is C18H26N2O3. The molecule has 0 aromatic heterocycles. The van der Waals surface area contributed by atoms with Gasteiger partial charge in [-0.3, -0.25) is 9.59 Å². The third kappa shape index (κ3) is 4.47. The van der Waals surface area contributed by atoms with Gasteiger partial charge in [0.15, 0.2) is 0 Å². The van der Waals surface area contributed by atoms with E-state index in [0.29, 0.717) is 19.7 Å². The first-order valence-electron chi connectivity index (χ1n) is 8.36. The van der Waals surface area contributed by atoms with Crippen LogP contribution in [0.3, 0.4) is 0 Å². The van der Waals surface area contributed by atoms with E-state index in [1.54, 1.807) is 4.90 Å². The van der Waals surface area contributed by atoms with E-state index in [2.05, 4.69) is 5.32 Å². The van der Waals surface area contributed by atoms with Crippen molar-refractivity contribution in [1.82, 2.24) is 10.2 Å². The van der Waals surface area contributed by atoms with Crippen LogP contribution in [0.15, 0.2) is 18.2 Å². The number of aryl methyl sites for hydroxylation is 1. The Kier molecular flexibility index (Phi) is 6.02. The molecule has 1 saturated heterocycles. The molecule has 2 amide bonds. The number of piperidine rings is 1. The first-order valence-corrected chi connectivity index (χ1v) is 8.36. The lowest BCUT2D eigenvalue weighted by molar-refractivity contribution is -0.146. The first-order chi connectivity index (χ1) is 11.0. The fourth-order valence-electron chi connectivity index (χ4n) is 2.87. The molecule has 1 aliphatic heterocycles. The molecule has 1 aromatic carbocycles. The minimum Gasteiger partial charge on any atom is -0.494 e.